The predicted molar refractivity (Wildman–Crippen MR) is 138 cm³/mol. The van der Waals surface area contributed by atoms with Gasteiger partial charge in [0, 0.05) is 6.07 Å². The van der Waals surface area contributed by atoms with Crippen molar-refractivity contribution in [1.82, 2.24) is 0 Å². The number of carbonyl (C=O) groups is 1. The lowest BCUT2D eigenvalue weighted by molar-refractivity contribution is 0.0265. The zero-order valence-corrected chi connectivity index (χ0v) is 20.8. The smallest absolute Gasteiger partial charge is 0.335 e. The molecular weight excluding hydrogens is 436 g/mol. The van der Waals surface area contributed by atoms with Gasteiger partial charge in [0.15, 0.2) is 0 Å². The maximum Gasteiger partial charge on any atom is 0.335 e. The van der Waals surface area contributed by atoms with Gasteiger partial charge < -0.3 is 14.6 Å². The van der Waals surface area contributed by atoms with Gasteiger partial charge in [0.2, 0.25) is 0 Å². The molecule has 0 amide bonds. The van der Waals surface area contributed by atoms with Crippen molar-refractivity contribution in [2.45, 2.75) is 50.9 Å². The molecule has 1 N–H and O–H groups in total. The van der Waals surface area contributed by atoms with E-state index in [0.717, 1.165) is 37.2 Å². The summed E-state index contributed by atoms with van der Waals surface area (Å²) in [6.07, 6.45) is 6.56. The summed E-state index contributed by atoms with van der Waals surface area (Å²) in [7, 11) is 3.41. The lowest BCUT2D eigenvalue weighted by Gasteiger charge is -2.58. The van der Waals surface area contributed by atoms with E-state index in [4.69, 9.17) is 14.6 Å². The first-order valence-corrected chi connectivity index (χ1v) is 12.6. The summed E-state index contributed by atoms with van der Waals surface area (Å²) < 4.78 is 11.0. The normalized spacial score (nSPS) is 22.5. The molecule has 2 aliphatic carbocycles. The Hall–Kier alpha value is -3.27. The average Bonchev–Trinajstić information content (AvgIpc) is 2.86. The van der Waals surface area contributed by atoms with Crippen molar-refractivity contribution in [3.63, 3.8) is 0 Å². The van der Waals surface area contributed by atoms with Crippen LogP contribution in [0.4, 0.5) is 0 Å². The molecule has 2 aliphatic rings. The minimum Gasteiger partial charge on any atom is -0.497 e. The van der Waals surface area contributed by atoms with E-state index in [1.165, 1.54) is 35.1 Å². The number of aryl methyl sites for hydroxylation is 3. The van der Waals surface area contributed by atoms with Crippen LogP contribution in [0, 0.1) is 11.8 Å². The van der Waals surface area contributed by atoms with Crippen LogP contribution in [0.25, 0.3) is 0 Å². The highest BCUT2D eigenvalue weighted by Gasteiger charge is 2.53. The van der Waals surface area contributed by atoms with Gasteiger partial charge >= 0.3 is 5.97 Å². The van der Waals surface area contributed by atoms with Gasteiger partial charge in [-0.1, -0.05) is 37.3 Å². The minimum absolute atomic E-state index is 0.227. The number of benzene rings is 3. The van der Waals surface area contributed by atoms with Crippen LogP contribution in [-0.4, -0.2) is 25.3 Å². The van der Waals surface area contributed by atoms with Gasteiger partial charge in [-0.3, -0.25) is 0 Å². The second kappa shape index (κ2) is 9.41. The Balaban J connectivity index is 1.34. The fraction of sp³-hybridized carbons (Fsp3) is 0.387. The molecule has 0 bridgehead atoms. The Bertz CT molecular complexity index is 1210. The van der Waals surface area contributed by atoms with E-state index in [0.29, 0.717) is 17.4 Å². The molecule has 3 unspecified atom stereocenters. The Kier molecular flexibility index (Phi) is 6.31. The van der Waals surface area contributed by atoms with Crippen LogP contribution in [0.1, 0.15) is 57.9 Å². The van der Waals surface area contributed by atoms with Gasteiger partial charge in [-0.2, -0.15) is 0 Å². The molecule has 4 heteroatoms. The zero-order chi connectivity index (χ0) is 24.6. The third-order valence-corrected chi connectivity index (χ3v) is 8.40. The molecule has 3 aromatic carbocycles. The maximum absolute atomic E-state index is 11.2. The van der Waals surface area contributed by atoms with E-state index < -0.39 is 5.97 Å². The lowest BCUT2D eigenvalue weighted by Crippen LogP contribution is -2.53. The van der Waals surface area contributed by atoms with Crippen LogP contribution < -0.4 is 9.47 Å². The molecule has 35 heavy (non-hydrogen) atoms. The number of hydrogen-bond donors (Lipinski definition) is 1. The Morgan fingerprint density at radius 3 is 2.34 bits per heavy atom. The van der Waals surface area contributed by atoms with E-state index in [1.807, 2.05) is 18.2 Å². The number of aromatic carboxylic acids is 1. The SMILES string of the molecule is COc1cc(CC2CC3(C)c4c(CCc5ccc(C(=O)O)cc5)cccc4CCC23)cc(OC)c1. The second-order valence-corrected chi connectivity index (χ2v) is 10.4. The van der Waals surface area contributed by atoms with Crippen molar-refractivity contribution < 1.29 is 19.4 Å². The van der Waals surface area contributed by atoms with Gasteiger partial charge in [-0.15, -0.1) is 0 Å². The zero-order valence-electron chi connectivity index (χ0n) is 20.8. The maximum atomic E-state index is 11.2. The molecule has 0 aromatic heterocycles. The number of rotatable bonds is 8. The highest BCUT2D eigenvalue weighted by atomic mass is 16.5. The molecule has 0 saturated heterocycles. The van der Waals surface area contributed by atoms with Crippen molar-refractivity contribution in [2.24, 2.45) is 11.8 Å². The number of hydrogen-bond acceptors (Lipinski definition) is 3. The first-order chi connectivity index (χ1) is 16.9. The first-order valence-electron chi connectivity index (χ1n) is 12.6. The fourth-order valence-corrected chi connectivity index (χ4v) is 6.75. The van der Waals surface area contributed by atoms with Gasteiger partial charge in [0.1, 0.15) is 11.5 Å². The van der Waals surface area contributed by atoms with Crippen LogP contribution in [-0.2, 0) is 31.1 Å². The van der Waals surface area contributed by atoms with E-state index in [-0.39, 0.29) is 5.41 Å². The number of carboxylic acids is 1. The van der Waals surface area contributed by atoms with E-state index in [1.54, 1.807) is 31.9 Å². The van der Waals surface area contributed by atoms with E-state index >= 15 is 0 Å². The monoisotopic (exact) mass is 470 g/mol. The van der Waals surface area contributed by atoms with Crippen molar-refractivity contribution in [3.05, 3.63) is 94.0 Å². The number of methoxy groups -OCH3 is 2. The van der Waals surface area contributed by atoms with Crippen LogP contribution in [0.2, 0.25) is 0 Å². The van der Waals surface area contributed by atoms with E-state index in [9.17, 15) is 4.79 Å². The molecule has 0 radical (unpaired) electrons. The summed E-state index contributed by atoms with van der Waals surface area (Å²) >= 11 is 0. The quantitative estimate of drug-likeness (QED) is 0.422. The molecule has 3 aromatic rings. The van der Waals surface area contributed by atoms with Gasteiger partial charge in [0.05, 0.1) is 19.8 Å². The van der Waals surface area contributed by atoms with Crippen LogP contribution >= 0.6 is 0 Å². The summed E-state index contributed by atoms with van der Waals surface area (Å²) in [6, 6.07) is 20.4. The Morgan fingerprint density at radius 2 is 1.69 bits per heavy atom. The largest absolute Gasteiger partial charge is 0.497 e. The number of fused-ring (bicyclic) bond motifs is 3. The third kappa shape index (κ3) is 4.42. The molecule has 1 fully saturated rings. The average molecular weight is 471 g/mol. The summed E-state index contributed by atoms with van der Waals surface area (Å²) in [4.78, 5) is 11.2. The second-order valence-electron chi connectivity index (χ2n) is 10.4. The standard InChI is InChI=1S/C31H34O4/c1-31-19-25(15-21-16-26(34-2)18-27(17-21)35-3)28(31)14-13-23-6-4-5-22(29(23)31)10-7-20-8-11-24(12-9-20)30(32)33/h4-6,8-9,11-12,16-18,25,28H,7,10,13-15,19H2,1-3H3,(H,32,33). The first kappa shape index (κ1) is 23.5. The Labute approximate surface area is 207 Å². The molecule has 3 atom stereocenters. The molecule has 0 aliphatic heterocycles. The van der Waals surface area contributed by atoms with Gasteiger partial charge in [0.25, 0.3) is 0 Å². The summed E-state index contributed by atoms with van der Waals surface area (Å²) in [6.45, 7) is 2.48. The summed E-state index contributed by atoms with van der Waals surface area (Å²) in [5, 5.41) is 9.16. The van der Waals surface area contributed by atoms with Crippen molar-refractivity contribution >= 4 is 5.97 Å². The van der Waals surface area contributed by atoms with Crippen LogP contribution in [0.5, 0.6) is 11.5 Å². The molecule has 0 spiro atoms. The van der Waals surface area contributed by atoms with Gasteiger partial charge in [-0.25, -0.2) is 4.79 Å². The topological polar surface area (TPSA) is 55.8 Å². The predicted octanol–water partition coefficient (Wildman–Crippen LogP) is 6.27. The van der Waals surface area contributed by atoms with Crippen molar-refractivity contribution in [3.8, 4) is 11.5 Å². The van der Waals surface area contributed by atoms with Crippen LogP contribution in [0.3, 0.4) is 0 Å². The molecule has 4 nitrogen and oxygen atoms in total. The number of ether oxygens (including phenoxy) is 2. The van der Waals surface area contributed by atoms with Crippen LogP contribution in [0.15, 0.2) is 60.7 Å². The highest BCUT2D eigenvalue weighted by Crippen LogP contribution is 2.59. The molecule has 5 rings (SSSR count). The Morgan fingerprint density at radius 1 is 0.971 bits per heavy atom. The van der Waals surface area contributed by atoms with E-state index in [2.05, 4.69) is 37.3 Å². The third-order valence-electron chi connectivity index (χ3n) is 8.40. The molecule has 182 valence electrons. The molecular formula is C31H34O4. The minimum atomic E-state index is -0.875. The summed E-state index contributed by atoms with van der Waals surface area (Å²) in [5.74, 6) is 2.19. The number of carboxylic acid groups (broad SMARTS) is 1. The van der Waals surface area contributed by atoms with Crippen molar-refractivity contribution in [1.29, 1.82) is 0 Å². The summed E-state index contributed by atoms with van der Waals surface area (Å²) in [5.41, 5.74) is 7.60. The molecule has 1 saturated carbocycles. The molecule has 0 heterocycles. The highest BCUT2D eigenvalue weighted by molar-refractivity contribution is 5.87. The van der Waals surface area contributed by atoms with Gasteiger partial charge in [-0.05, 0) is 108 Å². The van der Waals surface area contributed by atoms with Crippen molar-refractivity contribution in [2.75, 3.05) is 14.2 Å². The lowest BCUT2D eigenvalue weighted by atomic mass is 9.46. The fourth-order valence-electron chi connectivity index (χ4n) is 6.75.